The number of likely N-dealkylation sites (N-methyl/N-ethyl adjacent to an activating group) is 1. The quantitative estimate of drug-likeness (QED) is 0.345. The maximum absolute atomic E-state index is 12.8. The van der Waals surface area contributed by atoms with Crippen molar-refractivity contribution < 1.29 is 14.7 Å². The molecule has 2 unspecified atom stereocenters. The molecule has 3 N–H and O–H groups in total. The fraction of sp³-hybridized carbons (Fsp3) is 0.846. The molecule has 0 aromatic carbocycles. The molecule has 1 aliphatic carbocycles. The van der Waals surface area contributed by atoms with E-state index in [0.717, 1.165) is 19.3 Å². The topological polar surface area (TPSA) is 88.2 Å². The van der Waals surface area contributed by atoms with Gasteiger partial charge in [-0.15, -0.1) is 0 Å². The number of rotatable bonds is 3. The van der Waals surface area contributed by atoms with Crippen LogP contribution < -0.4 is 5.73 Å². The van der Waals surface area contributed by atoms with Gasteiger partial charge in [-0.1, -0.05) is 18.0 Å². The van der Waals surface area contributed by atoms with Crippen molar-refractivity contribution in [3.63, 3.8) is 0 Å². The summed E-state index contributed by atoms with van der Waals surface area (Å²) in [6.07, 6.45) is 4.08. The molecule has 2 fully saturated rings. The number of amidine groups is 1. The Kier molecular flexibility index (Phi) is 3.99. The molecule has 1 aliphatic heterocycles. The van der Waals surface area contributed by atoms with Crippen molar-refractivity contribution in [1.82, 2.24) is 4.90 Å². The van der Waals surface area contributed by atoms with Crippen molar-refractivity contribution >= 4 is 11.7 Å². The summed E-state index contributed by atoms with van der Waals surface area (Å²) in [5.74, 6) is 0.0102. The highest BCUT2D eigenvalue weighted by atomic mass is 16.5. The zero-order valence-electron chi connectivity index (χ0n) is 11.6. The van der Waals surface area contributed by atoms with Gasteiger partial charge in [0.2, 0.25) is 5.91 Å². The number of nitrogens with zero attached hydrogens (tertiary/aromatic N) is 2. The monoisotopic (exact) mass is 269 g/mol. The van der Waals surface area contributed by atoms with Crippen LogP contribution in [0.5, 0.6) is 0 Å². The smallest absolute Gasteiger partial charge is 0.236 e. The zero-order chi connectivity index (χ0) is 14.0. The van der Waals surface area contributed by atoms with Crippen molar-refractivity contribution in [3.05, 3.63) is 0 Å². The Morgan fingerprint density at radius 2 is 2.11 bits per heavy atom. The number of hydrogen-bond acceptors (Lipinski definition) is 4. The number of nitrogens with two attached hydrogens (primary N) is 1. The number of oxime groups is 1. The summed E-state index contributed by atoms with van der Waals surface area (Å²) in [5, 5.41) is 12.1. The van der Waals surface area contributed by atoms with E-state index < -0.39 is 5.41 Å². The lowest BCUT2D eigenvalue weighted by Crippen LogP contribution is -2.53. The Balaban J connectivity index is 2.20. The van der Waals surface area contributed by atoms with Crippen molar-refractivity contribution in [2.24, 2.45) is 16.3 Å². The molecule has 0 aromatic heterocycles. The van der Waals surface area contributed by atoms with E-state index in [4.69, 9.17) is 15.7 Å². The Labute approximate surface area is 113 Å². The van der Waals surface area contributed by atoms with Crippen LogP contribution in [0.4, 0.5) is 0 Å². The van der Waals surface area contributed by atoms with Gasteiger partial charge < -0.3 is 20.6 Å². The highest BCUT2D eigenvalue weighted by Crippen LogP contribution is 2.40. The Bertz CT molecular complexity index is 377. The normalized spacial score (nSPS) is 30.5. The van der Waals surface area contributed by atoms with E-state index in [1.807, 2.05) is 6.92 Å². The van der Waals surface area contributed by atoms with Crippen molar-refractivity contribution in [1.29, 1.82) is 0 Å². The van der Waals surface area contributed by atoms with Gasteiger partial charge >= 0.3 is 0 Å². The Morgan fingerprint density at radius 1 is 1.47 bits per heavy atom. The van der Waals surface area contributed by atoms with Crippen LogP contribution in [0.15, 0.2) is 5.16 Å². The second-order valence-electron chi connectivity index (χ2n) is 5.62. The minimum atomic E-state index is -0.814. The van der Waals surface area contributed by atoms with E-state index in [9.17, 15) is 4.79 Å². The predicted molar refractivity (Wildman–Crippen MR) is 70.9 cm³/mol. The zero-order valence-corrected chi connectivity index (χ0v) is 11.6. The summed E-state index contributed by atoms with van der Waals surface area (Å²) in [6, 6.07) is 0.0801. The van der Waals surface area contributed by atoms with Crippen LogP contribution in [0, 0.1) is 5.41 Å². The number of carbonyl (C=O) groups is 1. The van der Waals surface area contributed by atoms with Crippen molar-refractivity contribution in [2.75, 3.05) is 13.7 Å². The predicted octanol–water partition coefficient (Wildman–Crippen LogP) is 0.929. The van der Waals surface area contributed by atoms with Gasteiger partial charge in [0.1, 0.15) is 5.41 Å². The molecule has 6 nitrogen and oxygen atoms in total. The second-order valence-corrected chi connectivity index (χ2v) is 5.62. The van der Waals surface area contributed by atoms with Crippen molar-refractivity contribution in [3.8, 4) is 0 Å². The number of amides is 1. The molecule has 1 heterocycles. The van der Waals surface area contributed by atoms with Crippen LogP contribution in [0.2, 0.25) is 0 Å². The molecule has 0 radical (unpaired) electrons. The minimum Gasteiger partial charge on any atom is -0.409 e. The molecule has 1 saturated heterocycles. The molecule has 108 valence electrons. The number of ether oxygens (including phenoxy) is 1. The van der Waals surface area contributed by atoms with E-state index in [1.165, 1.54) is 0 Å². The molecule has 2 aliphatic rings. The first-order valence-electron chi connectivity index (χ1n) is 6.90. The van der Waals surface area contributed by atoms with Gasteiger partial charge in [-0.2, -0.15) is 0 Å². The summed E-state index contributed by atoms with van der Waals surface area (Å²) < 4.78 is 5.51. The van der Waals surface area contributed by atoms with Gasteiger partial charge in [0.15, 0.2) is 5.84 Å². The van der Waals surface area contributed by atoms with Crippen LogP contribution in [0.1, 0.15) is 39.0 Å². The molecular formula is C13H23N3O3. The van der Waals surface area contributed by atoms with E-state index in [-0.39, 0.29) is 23.9 Å². The summed E-state index contributed by atoms with van der Waals surface area (Å²) >= 11 is 0. The molecule has 0 bridgehead atoms. The third-order valence-corrected chi connectivity index (χ3v) is 4.62. The molecule has 19 heavy (non-hydrogen) atoms. The van der Waals surface area contributed by atoms with Crippen LogP contribution in [-0.2, 0) is 9.53 Å². The lowest BCUT2D eigenvalue weighted by Gasteiger charge is -2.35. The molecule has 6 heteroatoms. The van der Waals surface area contributed by atoms with Crippen molar-refractivity contribution in [2.45, 2.75) is 51.2 Å². The SMILES string of the molecule is CC1OCCC1N(C)C(=O)C1(C(N)=NO)CCCC1. The number of carbonyl (C=O) groups excluding carboxylic acids is 1. The standard InChI is InChI=1S/C13H23N3O3/c1-9-10(5-8-19-9)16(2)12(17)13(11(14)15-18)6-3-4-7-13/h9-10,18H,3-8H2,1-2H3,(H2,14,15). The van der Waals surface area contributed by atoms with Crippen LogP contribution in [0.3, 0.4) is 0 Å². The molecular weight excluding hydrogens is 246 g/mol. The van der Waals surface area contributed by atoms with Gasteiger partial charge in [-0.05, 0) is 26.2 Å². The fourth-order valence-electron chi connectivity index (χ4n) is 3.37. The summed E-state index contributed by atoms with van der Waals surface area (Å²) in [4.78, 5) is 14.5. The largest absolute Gasteiger partial charge is 0.409 e. The van der Waals surface area contributed by atoms with Gasteiger partial charge in [-0.3, -0.25) is 4.79 Å². The first-order chi connectivity index (χ1) is 9.03. The van der Waals surface area contributed by atoms with Gasteiger partial charge in [-0.25, -0.2) is 0 Å². The van der Waals surface area contributed by atoms with E-state index in [1.54, 1.807) is 11.9 Å². The average Bonchev–Trinajstić information content (AvgIpc) is 3.05. The van der Waals surface area contributed by atoms with E-state index in [2.05, 4.69) is 5.16 Å². The minimum absolute atomic E-state index is 0.0392. The molecule has 0 spiro atoms. The molecule has 0 aromatic rings. The lowest BCUT2D eigenvalue weighted by molar-refractivity contribution is -0.140. The Morgan fingerprint density at radius 3 is 2.58 bits per heavy atom. The number of hydrogen-bond donors (Lipinski definition) is 2. The fourth-order valence-corrected chi connectivity index (χ4v) is 3.37. The van der Waals surface area contributed by atoms with E-state index >= 15 is 0 Å². The first kappa shape index (κ1) is 14.1. The summed E-state index contributed by atoms with van der Waals surface area (Å²) in [7, 11) is 1.79. The third kappa shape index (κ3) is 2.29. The highest BCUT2D eigenvalue weighted by molar-refractivity contribution is 6.07. The van der Waals surface area contributed by atoms with Crippen LogP contribution in [-0.4, -0.2) is 47.7 Å². The average molecular weight is 269 g/mol. The lowest BCUT2D eigenvalue weighted by atomic mass is 9.82. The van der Waals surface area contributed by atoms with Gasteiger partial charge in [0.25, 0.3) is 0 Å². The van der Waals surface area contributed by atoms with Crippen LogP contribution in [0.25, 0.3) is 0 Å². The second kappa shape index (κ2) is 5.36. The molecule has 2 rings (SSSR count). The molecule has 2 atom stereocenters. The summed E-state index contributed by atoms with van der Waals surface area (Å²) in [5.41, 5.74) is 4.99. The molecule has 1 saturated carbocycles. The maximum atomic E-state index is 12.8. The van der Waals surface area contributed by atoms with Gasteiger partial charge in [0.05, 0.1) is 12.1 Å². The third-order valence-electron chi connectivity index (χ3n) is 4.62. The maximum Gasteiger partial charge on any atom is 0.236 e. The van der Waals surface area contributed by atoms with Gasteiger partial charge in [0, 0.05) is 13.7 Å². The Hall–Kier alpha value is -1.30. The molecule has 1 amide bonds. The van der Waals surface area contributed by atoms with E-state index in [0.29, 0.717) is 19.4 Å². The highest BCUT2D eigenvalue weighted by Gasteiger charge is 2.48. The first-order valence-corrected chi connectivity index (χ1v) is 6.90. The van der Waals surface area contributed by atoms with Crippen LogP contribution >= 0.6 is 0 Å². The summed E-state index contributed by atoms with van der Waals surface area (Å²) in [6.45, 7) is 2.66.